The number of β-amino-alcohol motifs (C(OH)–C–C–N with tert-alkyl or cyclic N) is 1. The number of rotatable bonds is 8. The molecular formula is C25H30N2O7. The summed E-state index contributed by atoms with van der Waals surface area (Å²) >= 11 is 0. The van der Waals surface area contributed by atoms with Crippen LogP contribution in [-0.4, -0.2) is 91.5 Å². The van der Waals surface area contributed by atoms with Gasteiger partial charge in [-0.05, 0) is 37.3 Å². The first-order valence-electron chi connectivity index (χ1n) is 11.5. The van der Waals surface area contributed by atoms with Crippen LogP contribution in [0.2, 0.25) is 0 Å². The molecule has 0 radical (unpaired) electrons. The van der Waals surface area contributed by atoms with Crippen LogP contribution >= 0.6 is 0 Å². The van der Waals surface area contributed by atoms with E-state index in [1.54, 1.807) is 42.2 Å². The molecule has 2 atom stereocenters. The molecule has 2 heterocycles. The van der Waals surface area contributed by atoms with E-state index in [-0.39, 0.29) is 19.1 Å². The molecule has 1 amide bonds. The largest absolute Gasteiger partial charge is 0.491 e. The zero-order valence-corrected chi connectivity index (χ0v) is 19.2. The summed E-state index contributed by atoms with van der Waals surface area (Å²) in [5, 5.41) is 10.4. The van der Waals surface area contributed by atoms with Crippen LogP contribution in [-0.2, 0) is 9.53 Å². The number of hydrogen-bond acceptors (Lipinski definition) is 8. The highest BCUT2D eigenvalue weighted by molar-refractivity contribution is 5.89. The summed E-state index contributed by atoms with van der Waals surface area (Å²) in [6.45, 7) is 5.16. The van der Waals surface area contributed by atoms with Crippen LogP contribution in [0.15, 0.2) is 48.5 Å². The van der Waals surface area contributed by atoms with Crippen molar-refractivity contribution < 1.29 is 33.6 Å². The fourth-order valence-electron chi connectivity index (χ4n) is 3.97. The van der Waals surface area contributed by atoms with Crippen LogP contribution in [0.1, 0.15) is 17.3 Å². The molecule has 2 aromatic carbocycles. The van der Waals surface area contributed by atoms with Crippen LogP contribution in [0.25, 0.3) is 0 Å². The molecule has 9 heteroatoms. The van der Waals surface area contributed by atoms with E-state index in [4.69, 9.17) is 18.9 Å². The normalized spacial score (nSPS) is 18.8. The van der Waals surface area contributed by atoms with Gasteiger partial charge in [0.05, 0.1) is 12.2 Å². The first kappa shape index (κ1) is 23.8. The molecule has 4 rings (SSSR count). The lowest BCUT2D eigenvalue weighted by atomic mass is 10.2. The van der Waals surface area contributed by atoms with Gasteiger partial charge in [0.2, 0.25) is 6.10 Å². The smallest absolute Gasteiger partial charge is 0.338 e. The number of aliphatic hydroxyl groups excluding tert-OH is 1. The van der Waals surface area contributed by atoms with E-state index in [2.05, 4.69) is 4.90 Å². The average molecular weight is 471 g/mol. The summed E-state index contributed by atoms with van der Waals surface area (Å²) in [7, 11) is 0. The summed E-state index contributed by atoms with van der Waals surface area (Å²) in [5.74, 6) is 1.24. The van der Waals surface area contributed by atoms with Crippen molar-refractivity contribution in [3.05, 3.63) is 54.1 Å². The molecule has 9 nitrogen and oxygen atoms in total. The topological polar surface area (TPSA) is 97.8 Å². The molecule has 0 saturated carbocycles. The van der Waals surface area contributed by atoms with E-state index >= 15 is 0 Å². The summed E-state index contributed by atoms with van der Waals surface area (Å²) in [6, 6.07) is 14.0. The minimum atomic E-state index is -0.708. The zero-order valence-electron chi connectivity index (χ0n) is 19.2. The van der Waals surface area contributed by atoms with Gasteiger partial charge in [0.1, 0.15) is 25.1 Å². The number of nitrogens with zero attached hydrogens (tertiary/aromatic N) is 2. The van der Waals surface area contributed by atoms with E-state index in [1.807, 2.05) is 18.2 Å². The summed E-state index contributed by atoms with van der Waals surface area (Å²) in [6.07, 6.45) is -1.36. The molecule has 34 heavy (non-hydrogen) atoms. The Balaban J connectivity index is 1.20. The monoisotopic (exact) mass is 470 g/mol. The van der Waals surface area contributed by atoms with Gasteiger partial charge in [-0.25, -0.2) is 4.79 Å². The molecule has 0 bridgehead atoms. The van der Waals surface area contributed by atoms with Gasteiger partial charge < -0.3 is 29.0 Å². The molecule has 0 aliphatic carbocycles. The standard InChI is InChI=1S/C25H30N2O7/c1-2-31-25(30)18-6-5-7-20(14-18)32-16-19(28)15-26-10-12-27(13-11-26)24(29)23-17-33-21-8-3-4-9-22(21)34-23/h3-9,14,19,23,28H,2,10-13,15-17H2,1H3/t19-,23-/m1/s1. The van der Waals surface area contributed by atoms with Crippen LogP contribution in [0.3, 0.4) is 0 Å². The number of carbonyl (C=O) groups excluding carboxylic acids is 2. The summed E-state index contributed by atoms with van der Waals surface area (Å²) in [5.41, 5.74) is 0.408. The van der Waals surface area contributed by atoms with Crippen molar-refractivity contribution in [3.63, 3.8) is 0 Å². The first-order chi connectivity index (χ1) is 16.5. The highest BCUT2D eigenvalue weighted by atomic mass is 16.6. The van der Waals surface area contributed by atoms with Crippen molar-refractivity contribution >= 4 is 11.9 Å². The van der Waals surface area contributed by atoms with Gasteiger partial charge in [0, 0.05) is 32.7 Å². The Hall–Kier alpha value is -3.30. The molecule has 182 valence electrons. The Morgan fingerprint density at radius 3 is 2.62 bits per heavy atom. The van der Waals surface area contributed by atoms with Gasteiger partial charge in [-0.15, -0.1) is 0 Å². The van der Waals surface area contributed by atoms with E-state index in [0.717, 1.165) is 0 Å². The Morgan fingerprint density at radius 1 is 1.09 bits per heavy atom. The van der Waals surface area contributed by atoms with E-state index in [1.165, 1.54) is 0 Å². The SMILES string of the molecule is CCOC(=O)c1cccc(OC[C@H](O)CN2CCN(C(=O)[C@H]3COc4ccccc4O3)CC2)c1. The van der Waals surface area contributed by atoms with Crippen LogP contribution in [0.5, 0.6) is 17.2 Å². The maximum absolute atomic E-state index is 12.9. The minimum absolute atomic E-state index is 0.0838. The predicted molar refractivity (Wildman–Crippen MR) is 123 cm³/mol. The zero-order chi connectivity index (χ0) is 23.9. The lowest BCUT2D eigenvalue weighted by molar-refractivity contribution is -0.143. The second kappa shape index (κ2) is 11.2. The van der Waals surface area contributed by atoms with Gasteiger partial charge in [-0.2, -0.15) is 0 Å². The van der Waals surface area contributed by atoms with Crippen molar-refractivity contribution in [2.75, 3.05) is 52.5 Å². The van der Waals surface area contributed by atoms with Crippen molar-refractivity contribution in [2.45, 2.75) is 19.1 Å². The van der Waals surface area contributed by atoms with Gasteiger partial charge >= 0.3 is 5.97 Å². The lowest BCUT2D eigenvalue weighted by Gasteiger charge is -2.37. The third-order valence-electron chi connectivity index (χ3n) is 5.72. The molecule has 0 spiro atoms. The molecule has 2 aliphatic heterocycles. The van der Waals surface area contributed by atoms with E-state index in [0.29, 0.717) is 62.1 Å². The van der Waals surface area contributed by atoms with E-state index in [9.17, 15) is 14.7 Å². The minimum Gasteiger partial charge on any atom is -0.491 e. The molecular weight excluding hydrogens is 440 g/mol. The Bertz CT molecular complexity index is 991. The highest BCUT2D eigenvalue weighted by Crippen LogP contribution is 2.31. The number of piperazine rings is 1. The number of ether oxygens (including phenoxy) is 4. The van der Waals surface area contributed by atoms with Gasteiger partial charge in [-0.1, -0.05) is 18.2 Å². The maximum atomic E-state index is 12.9. The number of aliphatic hydroxyl groups is 1. The highest BCUT2D eigenvalue weighted by Gasteiger charge is 2.32. The number of carbonyl (C=O) groups is 2. The van der Waals surface area contributed by atoms with Gasteiger partial charge in [0.15, 0.2) is 11.5 Å². The molecule has 1 fully saturated rings. The van der Waals surface area contributed by atoms with Crippen molar-refractivity contribution in [1.82, 2.24) is 9.80 Å². The first-order valence-corrected chi connectivity index (χ1v) is 11.5. The second-order valence-corrected chi connectivity index (χ2v) is 8.20. The lowest BCUT2D eigenvalue weighted by Crippen LogP contribution is -2.55. The van der Waals surface area contributed by atoms with Crippen molar-refractivity contribution in [2.24, 2.45) is 0 Å². The molecule has 1 N–H and O–H groups in total. The summed E-state index contributed by atoms with van der Waals surface area (Å²) < 4.78 is 22.2. The predicted octanol–water partition coefficient (Wildman–Crippen LogP) is 1.59. The second-order valence-electron chi connectivity index (χ2n) is 8.20. The Labute approximate surface area is 198 Å². The Kier molecular flexibility index (Phi) is 7.87. The third-order valence-corrected chi connectivity index (χ3v) is 5.72. The number of fused-ring (bicyclic) bond motifs is 1. The van der Waals surface area contributed by atoms with Crippen molar-refractivity contribution in [3.8, 4) is 17.2 Å². The summed E-state index contributed by atoms with van der Waals surface area (Å²) in [4.78, 5) is 28.6. The number of benzene rings is 2. The van der Waals surface area contributed by atoms with Crippen molar-refractivity contribution in [1.29, 1.82) is 0 Å². The number of hydrogen-bond donors (Lipinski definition) is 1. The number of esters is 1. The number of amides is 1. The van der Waals surface area contributed by atoms with E-state index < -0.39 is 18.2 Å². The van der Waals surface area contributed by atoms with Gasteiger partial charge in [-0.3, -0.25) is 9.69 Å². The van der Waals surface area contributed by atoms with Crippen LogP contribution in [0, 0.1) is 0 Å². The van der Waals surface area contributed by atoms with Crippen LogP contribution in [0.4, 0.5) is 0 Å². The average Bonchev–Trinajstić information content (AvgIpc) is 2.87. The third kappa shape index (κ3) is 5.98. The Morgan fingerprint density at radius 2 is 1.85 bits per heavy atom. The van der Waals surface area contributed by atoms with Gasteiger partial charge in [0.25, 0.3) is 5.91 Å². The fraction of sp³-hybridized carbons (Fsp3) is 0.440. The molecule has 1 saturated heterocycles. The molecule has 2 aliphatic rings. The molecule has 0 unspecified atom stereocenters. The quantitative estimate of drug-likeness (QED) is 0.581. The molecule has 2 aromatic rings. The fourth-order valence-corrected chi connectivity index (χ4v) is 3.97. The van der Waals surface area contributed by atoms with Crippen LogP contribution < -0.4 is 14.2 Å². The maximum Gasteiger partial charge on any atom is 0.338 e. The molecule has 0 aromatic heterocycles. The number of para-hydroxylation sites is 2.